The Hall–Kier alpha value is -4.26. The Kier molecular flexibility index (Phi) is 7.01. The third-order valence-electron chi connectivity index (χ3n) is 6.05. The molecule has 7 nitrogen and oxygen atoms in total. The molecule has 0 saturated carbocycles. The monoisotopic (exact) mass is 486 g/mol. The highest BCUT2D eigenvalue weighted by Gasteiger charge is 2.36. The quantitative estimate of drug-likeness (QED) is 0.473. The number of hydrogen-bond donors (Lipinski definition) is 1. The number of anilines is 2. The first kappa shape index (κ1) is 24.9. The van der Waals surface area contributed by atoms with Crippen molar-refractivity contribution in [1.29, 1.82) is 0 Å². The van der Waals surface area contributed by atoms with Crippen LogP contribution in [0, 0.1) is 0 Å². The summed E-state index contributed by atoms with van der Waals surface area (Å²) in [6.07, 6.45) is 2.07. The minimum Gasteiger partial charge on any atom is -0.497 e. The van der Waals surface area contributed by atoms with Gasteiger partial charge in [0.25, 0.3) is 11.8 Å². The Morgan fingerprint density at radius 2 is 1.64 bits per heavy atom. The molecule has 0 aromatic heterocycles. The number of hydrogen-bond acceptors (Lipinski definition) is 5. The summed E-state index contributed by atoms with van der Waals surface area (Å²) < 4.78 is 16.3. The molecule has 0 bridgehead atoms. The highest BCUT2D eigenvalue weighted by atomic mass is 16.5. The fourth-order valence-corrected chi connectivity index (χ4v) is 4.43. The Labute approximate surface area is 211 Å². The van der Waals surface area contributed by atoms with Gasteiger partial charge in [-0.3, -0.25) is 14.5 Å². The summed E-state index contributed by atoms with van der Waals surface area (Å²) in [4.78, 5) is 27.8. The number of amides is 2. The van der Waals surface area contributed by atoms with Gasteiger partial charge in [-0.25, -0.2) is 0 Å². The zero-order valence-electron chi connectivity index (χ0n) is 21.1. The average Bonchev–Trinajstić information content (AvgIpc) is 2.87. The number of methoxy groups -OCH3 is 2. The summed E-state index contributed by atoms with van der Waals surface area (Å²) in [6.45, 7) is 5.85. The molecule has 7 heteroatoms. The summed E-state index contributed by atoms with van der Waals surface area (Å²) in [6, 6.07) is 19.9. The number of benzene rings is 3. The molecule has 1 heterocycles. The standard InChI is InChI=1S/C29H30N2O5/c1-19-17-29(2,3)31(28(33)20-9-7-6-8-10-20)25-13-11-22(15-23(19)25)36-18-27(32)30-24-16-21(34-4)12-14-26(24)35-5/h6-17H,18H2,1-5H3,(H,30,32). The molecule has 3 aromatic carbocycles. The Balaban J connectivity index is 1.53. The zero-order chi connectivity index (χ0) is 25.9. The van der Waals surface area contributed by atoms with E-state index in [1.165, 1.54) is 7.11 Å². The van der Waals surface area contributed by atoms with Gasteiger partial charge in [0.2, 0.25) is 0 Å². The van der Waals surface area contributed by atoms with Crippen molar-refractivity contribution in [3.05, 3.63) is 83.9 Å². The van der Waals surface area contributed by atoms with Crippen LogP contribution in [0.3, 0.4) is 0 Å². The number of fused-ring (bicyclic) bond motifs is 1. The summed E-state index contributed by atoms with van der Waals surface area (Å²) in [5, 5.41) is 2.80. The zero-order valence-corrected chi connectivity index (χ0v) is 21.1. The average molecular weight is 487 g/mol. The molecule has 1 aliphatic heterocycles. The Morgan fingerprint density at radius 1 is 0.917 bits per heavy atom. The second-order valence-corrected chi connectivity index (χ2v) is 9.07. The maximum atomic E-state index is 13.4. The number of nitrogens with zero attached hydrogens (tertiary/aromatic N) is 1. The van der Waals surface area contributed by atoms with E-state index in [0.29, 0.717) is 28.5 Å². The summed E-state index contributed by atoms with van der Waals surface area (Å²) in [7, 11) is 3.09. The van der Waals surface area contributed by atoms with Crippen LogP contribution >= 0.6 is 0 Å². The van der Waals surface area contributed by atoms with E-state index in [4.69, 9.17) is 14.2 Å². The van der Waals surface area contributed by atoms with E-state index in [1.807, 2.05) is 63.2 Å². The third-order valence-corrected chi connectivity index (χ3v) is 6.05. The first-order valence-corrected chi connectivity index (χ1v) is 11.6. The van der Waals surface area contributed by atoms with Crippen molar-refractivity contribution in [3.8, 4) is 17.2 Å². The minimum absolute atomic E-state index is 0.0779. The third kappa shape index (κ3) is 5.05. The molecule has 0 radical (unpaired) electrons. The molecule has 1 N–H and O–H groups in total. The van der Waals surface area contributed by atoms with Crippen molar-refractivity contribution in [1.82, 2.24) is 0 Å². The largest absolute Gasteiger partial charge is 0.497 e. The fourth-order valence-electron chi connectivity index (χ4n) is 4.43. The van der Waals surface area contributed by atoms with Gasteiger partial charge in [0, 0.05) is 17.2 Å². The predicted octanol–water partition coefficient (Wildman–Crippen LogP) is 5.56. The van der Waals surface area contributed by atoms with Crippen molar-refractivity contribution in [2.45, 2.75) is 26.3 Å². The molecule has 0 spiro atoms. The van der Waals surface area contributed by atoms with Crippen LogP contribution in [0.15, 0.2) is 72.8 Å². The highest BCUT2D eigenvalue weighted by molar-refractivity contribution is 6.10. The first-order chi connectivity index (χ1) is 17.2. The minimum atomic E-state index is -0.512. The lowest BCUT2D eigenvalue weighted by Gasteiger charge is -2.41. The number of nitrogens with one attached hydrogen (secondary N) is 1. The number of carbonyl (C=O) groups excluding carboxylic acids is 2. The maximum absolute atomic E-state index is 13.4. The summed E-state index contributed by atoms with van der Waals surface area (Å²) >= 11 is 0. The molecule has 0 unspecified atom stereocenters. The van der Waals surface area contributed by atoms with Crippen molar-refractivity contribution in [2.24, 2.45) is 0 Å². The molecule has 3 aromatic rings. The van der Waals surface area contributed by atoms with Gasteiger partial charge >= 0.3 is 0 Å². The number of ether oxygens (including phenoxy) is 3. The Morgan fingerprint density at radius 3 is 2.33 bits per heavy atom. The molecule has 0 aliphatic carbocycles. The van der Waals surface area contributed by atoms with Crippen LogP contribution in [-0.2, 0) is 4.79 Å². The van der Waals surface area contributed by atoms with Crippen molar-refractivity contribution in [3.63, 3.8) is 0 Å². The first-order valence-electron chi connectivity index (χ1n) is 11.6. The molecule has 0 saturated heterocycles. The van der Waals surface area contributed by atoms with Crippen LogP contribution in [0.25, 0.3) is 5.57 Å². The summed E-state index contributed by atoms with van der Waals surface area (Å²) in [5.41, 5.74) is 3.31. The van der Waals surface area contributed by atoms with Crippen LogP contribution < -0.4 is 24.4 Å². The second-order valence-electron chi connectivity index (χ2n) is 9.07. The van der Waals surface area contributed by atoms with Gasteiger partial charge in [0.05, 0.1) is 31.1 Å². The Bertz CT molecular complexity index is 1310. The summed E-state index contributed by atoms with van der Waals surface area (Å²) in [5.74, 6) is 1.23. The number of rotatable bonds is 7. The molecule has 0 atom stereocenters. The molecule has 1 aliphatic rings. The normalized spacial score (nSPS) is 13.8. The van der Waals surface area contributed by atoms with Gasteiger partial charge in [-0.15, -0.1) is 0 Å². The van der Waals surface area contributed by atoms with Crippen LogP contribution in [0.4, 0.5) is 11.4 Å². The SMILES string of the molecule is COc1ccc(OC)c(NC(=O)COc2ccc3c(c2)C(C)=CC(C)(C)N3C(=O)c2ccccc2)c1. The van der Waals surface area contributed by atoms with Gasteiger partial charge in [-0.2, -0.15) is 0 Å². The smallest absolute Gasteiger partial charge is 0.262 e. The van der Waals surface area contributed by atoms with Crippen molar-refractivity contribution >= 4 is 28.8 Å². The van der Waals surface area contributed by atoms with E-state index in [-0.39, 0.29) is 18.4 Å². The molecule has 186 valence electrons. The van der Waals surface area contributed by atoms with E-state index in [2.05, 4.69) is 11.4 Å². The van der Waals surface area contributed by atoms with E-state index >= 15 is 0 Å². The van der Waals surface area contributed by atoms with Crippen molar-refractivity contribution in [2.75, 3.05) is 31.0 Å². The number of allylic oxidation sites excluding steroid dienone is 1. The van der Waals surface area contributed by atoms with Crippen molar-refractivity contribution < 1.29 is 23.8 Å². The van der Waals surface area contributed by atoms with Crippen LogP contribution in [-0.4, -0.2) is 38.2 Å². The molecule has 4 rings (SSSR count). The molecule has 0 fully saturated rings. The fraction of sp³-hybridized carbons (Fsp3) is 0.241. The number of carbonyl (C=O) groups is 2. The van der Waals surface area contributed by atoms with Crippen LogP contribution in [0.5, 0.6) is 17.2 Å². The highest BCUT2D eigenvalue weighted by Crippen LogP contribution is 2.41. The van der Waals surface area contributed by atoms with Gasteiger partial charge in [-0.1, -0.05) is 24.3 Å². The van der Waals surface area contributed by atoms with E-state index in [1.54, 1.807) is 36.3 Å². The topological polar surface area (TPSA) is 77.1 Å². The molecular weight excluding hydrogens is 456 g/mol. The molecule has 36 heavy (non-hydrogen) atoms. The van der Waals surface area contributed by atoms with Crippen LogP contribution in [0.1, 0.15) is 36.7 Å². The van der Waals surface area contributed by atoms with Gasteiger partial charge < -0.3 is 19.5 Å². The lowest BCUT2D eigenvalue weighted by atomic mass is 9.88. The van der Waals surface area contributed by atoms with Gasteiger partial charge in [0.1, 0.15) is 17.2 Å². The predicted molar refractivity (Wildman–Crippen MR) is 141 cm³/mol. The lowest BCUT2D eigenvalue weighted by Crippen LogP contribution is -2.49. The van der Waals surface area contributed by atoms with Gasteiger partial charge in [0.15, 0.2) is 6.61 Å². The lowest BCUT2D eigenvalue weighted by molar-refractivity contribution is -0.118. The maximum Gasteiger partial charge on any atom is 0.262 e. The van der Waals surface area contributed by atoms with E-state index in [9.17, 15) is 9.59 Å². The molecule has 2 amide bonds. The van der Waals surface area contributed by atoms with E-state index in [0.717, 1.165) is 16.8 Å². The van der Waals surface area contributed by atoms with Crippen LogP contribution in [0.2, 0.25) is 0 Å². The molecular formula is C29H30N2O5. The second kappa shape index (κ2) is 10.2. The van der Waals surface area contributed by atoms with E-state index < -0.39 is 5.54 Å². The van der Waals surface area contributed by atoms with Gasteiger partial charge in [-0.05, 0) is 68.8 Å².